The van der Waals surface area contributed by atoms with Crippen LogP contribution in [0.25, 0.3) is 0 Å². The normalized spacial score (nSPS) is 12.2. The summed E-state index contributed by atoms with van der Waals surface area (Å²) in [4.78, 5) is 13.1. The smallest absolute Gasteiger partial charge is 0.242 e. The Kier molecular flexibility index (Phi) is 7.79. The Balaban J connectivity index is 1.92. The second-order valence-electron chi connectivity index (χ2n) is 7.08. The first kappa shape index (κ1) is 24.1. The summed E-state index contributed by atoms with van der Waals surface area (Å²) in [6, 6.07) is 17.3. The number of carbonyl (C=O) groups is 1. The fourth-order valence-corrected chi connectivity index (χ4v) is 4.91. The number of hydrogen-bond acceptors (Lipinski definition) is 4. The van der Waals surface area contributed by atoms with Gasteiger partial charge in [-0.2, -0.15) is 4.72 Å². The van der Waals surface area contributed by atoms with E-state index in [0.717, 1.165) is 5.56 Å². The SMILES string of the molecule is COc1ccc(S(=O)(=O)N[C@@H](Cc2ccccc2)C(=O)Nc2c(Cl)cccc2Cl)cc1C. The third kappa shape index (κ3) is 5.81. The molecule has 32 heavy (non-hydrogen) atoms. The van der Waals surface area contributed by atoms with Crippen LogP contribution < -0.4 is 14.8 Å². The Bertz CT molecular complexity index is 1200. The number of ether oxygens (including phenoxy) is 1. The average Bonchev–Trinajstić information content (AvgIpc) is 2.76. The van der Waals surface area contributed by atoms with Crippen LogP contribution in [0, 0.1) is 6.92 Å². The maximum absolute atomic E-state index is 13.1. The molecule has 168 valence electrons. The van der Waals surface area contributed by atoms with E-state index in [1.54, 1.807) is 31.2 Å². The van der Waals surface area contributed by atoms with Crippen LogP contribution in [-0.4, -0.2) is 27.5 Å². The molecule has 0 fully saturated rings. The Morgan fingerprint density at radius 1 is 1.00 bits per heavy atom. The molecule has 0 unspecified atom stereocenters. The summed E-state index contributed by atoms with van der Waals surface area (Å²) in [5, 5.41) is 3.15. The largest absolute Gasteiger partial charge is 0.496 e. The van der Waals surface area contributed by atoms with E-state index in [0.29, 0.717) is 11.3 Å². The summed E-state index contributed by atoms with van der Waals surface area (Å²) < 4.78 is 33.9. The second-order valence-corrected chi connectivity index (χ2v) is 9.61. The molecular weight excluding hydrogens is 471 g/mol. The van der Waals surface area contributed by atoms with Crippen molar-refractivity contribution in [2.75, 3.05) is 12.4 Å². The van der Waals surface area contributed by atoms with E-state index in [2.05, 4.69) is 10.0 Å². The number of anilines is 1. The number of methoxy groups -OCH3 is 1. The zero-order chi connectivity index (χ0) is 23.3. The molecule has 1 atom stereocenters. The van der Waals surface area contributed by atoms with Gasteiger partial charge in [-0.1, -0.05) is 59.6 Å². The topological polar surface area (TPSA) is 84.5 Å². The Labute approximate surface area is 197 Å². The third-order valence-electron chi connectivity index (χ3n) is 4.78. The van der Waals surface area contributed by atoms with E-state index < -0.39 is 22.0 Å². The van der Waals surface area contributed by atoms with Gasteiger partial charge in [0, 0.05) is 0 Å². The predicted octanol–water partition coefficient (Wildman–Crippen LogP) is 4.84. The standard InChI is InChI=1S/C23H22Cl2N2O4S/c1-15-13-17(11-12-21(15)31-2)32(29,30)27-20(14-16-7-4-3-5-8-16)23(28)26-22-18(24)9-6-10-19(22)25/h3-13,20,27H,14H2,1-2H3,(H,26,28)/t20-/m0/s1. The third-order valence-corrected chi connectivity index (χ3v) is 6.88. The van der Waals surface area contributed by atoms with Gasteiger partial charge in [-0.05, 0) is 54.8 Å². The summed E-state index contributed by atoms with van der Waals surface area (Å²) >= 11 is 12.3. The summed E-state index contributed by atoms with van der Waals surface area (Å²) in [6.07, 6.45) is 0.128. The summed E-state index contributed by atoms with van der Waals surface area (Å²) in [5.41, 5.74) is 1.66. The highest BCUT2D eigenvalue weighted by atomic mass is 35.5. The van der Waals surface area contributed by atoms with Crippen molar-refractivity contribution in [3.8, 4) is 5.75 Å². The lowest BCUT2D eigenvalue weighted by atomic mass is 10.1. The second kappa shape index (κ2) is 10.4. The Hall–Kier alpha value is -2.58. The minimum atomic E-state index is -4.02. The molecule has 0 radical (unpaired) electrons. The van der Waals surface area contributed by atoms with Crippen LogP contribution in [0.3, 0.4) is 0 Å². The lowest BCUT2D eigenvalue weighted by Gasteiger charge is -2.20. The van der Waals surface area contributed by atoms with Crippen molar-refractivity contribution in [2.45, 2.75) is 24.3 Å². The molecule has 0 bridgehead atoms. The van der Waals surface area contributed by atoms with Gasteiger partial charge in [-0.3, -0.25) is 4.79 Å². The van der Waals surface area contributed by atoms with Crippen molar-refractivity contribution in [3.63, 3.8) is 0 Å². The molecule has 6 nitrogen and oxygen atoms in total. The van der Waals surface area contributed by atoms with Gasteiger partial charge in [0.1, 0.15) is 11.8 Å². The number of benzene rings is 3. The van der Waals surface area contributed by atoms with Crippen LogP contribution in [0.4, 0.5) is 5.69 Å². The van der Waals surface area contributed by atoms with Crippen LogP contribution in [0.5, 0.6) is 5.75 Å². The number of nitrogens with one attached hydrogen (secondary N) is 2. The van der Waals surface area contributed by atoms with Crippen LogP contribution >= 0.6 is 23.2 Å². The molecule has 0 spiro atoms. The summed E-state index contributed by atoms with van der Waals surface area (Å²) in [6.45, 7) is 1.74. The van der Waals surface area contributed by atoms with Crippen molar-refractivity contribution < 1.29 is 17.9 Å². The number of halogens is 2. The fourth-order valence-electron chi connectivity index (χ4n) is 3.14. The number of rotatable bonds is 8. The molecule has 3 aromatic rings. The number of aryl methyl sites for hydroxylation is 1. The number of carbonyl (C=O) groups excluding carboxylic acids is 1. The maximum atomic E-state index is 13.1. The van der Waals surface area contributed by atoms with Crippen molar-refractivity contribution in [1.29, 1.82) is 0 Å². The number of amides is 1. The van der Waals surface area contributed by atoms with E-state index in [4.69, 9.17) is 27.9 Å². The van der Waals surface area contributed by atoms with E-state index in [1.165, 1.54) is 19.2 Å². The summed E-state index contributed by atoms with van der Waals surface area (Å²) in [5.74, 6) is -0.0199. The molecule has 0 heterocycles. The molecule has 9 heteroatoms. The Morgan fingerprint density at radius 3 is 2.25 bits per heavy atom. The van der Waals surface area contributed by atoms with Crippen molar-refractivity contribution in [1.82, 2.24) is 4.72 Å². The lowest BCUT2D eigenvalue weighted by molar-refractivity contribution is -0.117. The van der Waals surface area contributed by atoms with Crippen molar-refractivity contribution in [3.05, 3.63) is 87.9 Å². The van der Waals surface area contributed by atoms with E-state index in [1.807, 2.05) is 30.3 Å². The maximum Gasteiger partial charge on any atom is 0.242 e. The van der Waals surface area contributed by atoms with Gasteiger partial charge in [-0.25, -0.2) is 8.42 Å². The number of hydrogen-bond donors (Lipinski definition) is 2. The first-order valence-electron chi connectivity index (χ1n) is 9.67. The fraction of sp³-hybridized carbons (Fsp3) is 0.174. The lowest BCUT2D eigenvalue weighted by Crippen LogP contribution is -2.45. The van der Waals surface area contributed by atoms with E-state index >= 15 is 0 Å². The zero-order valence-electron chi connectivity index (χ0n) is 17.4. The van der Waals surface area contributed by atoms with Crippen molar-refractivity contribution in [2.24, 2.45) is 0 Å². The highest BCUT2D eigenvalue weighted by molar-refractivity contribution is 7.89. The van der Waals surface area contributed by atoms with Crippen LogP contribution in [0.2, 0.25) is 10.0 Å². The molecule has 0 aliphatic rings. The molecule has 0 aromatic heterocycles. The minimum absolute atomic E-state index is 0.0254. The summed E-state index contributed by atoms with van der Waals surface area (Å²) in [7, 11) is -2.51. The number of sulfonamides is 1. The van der Waals surface area contributed by atoms with E-state index in [9.17, 15) is 13.2 Å². The molecule has 1 amide bonds. The molecule has 0 saturated heterocycles. The zero-order valence-corrected chi connectivity index (χ0v) is 19.8. The average molecular weight is 493 g/mol. The van der Waals surface area contributed by atoms with Gasteiger partial charge in [0.25, 0.3) is 0 Å². The van der Waals surface area contributed by atoms with Crippen LogP contribution in [0.15, 0.2) is 71.6 Å². The van der Waals surface area contributed by atoms with Gasteiger partial charge in [0.15, 0.2) is 0 Å². The molecule has 0 saturated carbocycles. The van der Waals surface area contributed by atoms with Gasteiger partial charge in [0.05, 0.1) is 27.7 Å². The van der Waals surface area contributed by atoms with Gasteiger partial charge in [-0.15, -0.1) is 0 Å². The first-order chi connectivity index (χ1) is 15.2. The van der Waals surface area contributed by atoms with Gasteiger partial charge < -0.3 is 10.1 Å². The van der Waals surface area contributed by atoms with Gasteiger partial charge in [0.2, 0.25) is 15.9 Å². The van der Waals surface area contributed by atoms with Crippen molar-refractivity contribution >= 4 is 44.8 Å². The first-order valence-corrected chi connectivity index (χ1v) is 11.9. The Morgan fingerprint density at radius 2 is 1.66 bits per heavy atom. The van der Waals surface area contributed by atoms with Crippen LogP contribution in [0.1, 0.15) is 11.1 Å². The molecule has 2 N–H and O–H groups in total. The predicted molar refractivity (Wildman–Crippen MR) is 127 cm³/mol. The van der Waals surface area contributed by atoms with Crippen LogP contribution in [-0.2, 0) is 21.2 Å². The molecule has 3 rings (SSSR count). The van der Waals surface area contributed by atoms with Gasteiger partial charge >= 0.3 is 0 Å². The van der Waals surface area contributed by atoms with E-state index in [-0.39, 0.29) is 27.0 Å². The highest BCUT2D eigenvalue weighted by Gasteiger charge is 2.27. The molecule has 0 aliphatic heterocycles. The molecule has 3 aromatic carbocycles. The quantitative estimate of drug-likeness (QED) is 0.471. The minimum Gasteiger partial charge on any atom is -0.496 e. The highest BCUT2D eigenvalue weighted by Crippen LogP contribution is 2.30. The monoisotopic (exact) mass is 492 g/mol. The number of para-hydroxylation sites is 1. The molecular formula is C23H22Cl2N2O4S. The molecule has 0 aliphatic carbocycles.